The Balaban J connectivity index is 1.52. The summed E-state index contributed by atoms with van der Waals surface area (Å²) in [5, 5.41) is 6.82. The van der Waals surface area contributed by atoms with Gasteiger partial charge in [0.25, 0.3) is 0 Å². The van der Waals surface area contributed by atoms with Crippen LogP contribution >= 0.6 is 11.3 Å². The predicted octanol–water partition coefficient (Wildman–Crippen LogP) is 3.43. The smallest absolute Gasteiger partial charge is 0.248 e. The molecule has 1 unspecified atom stereocenters. The van der Waals surface area contributed by atoms with Crippen molar-refractivity contribution in [3.63, 3.8) is 0 Å². The van der Waals surface area contributed by atoms with Crippen molar-refractivity contribution in [3.05, 3.63) is 48.0 Å². The Morgan fingerprint density at radius 3 is 2.66 bits per heavy atom. The molecule has 0 bridgehead atoms. The number of anilines is 3. The molecule has 4 N–H and O–H groups in total. The maximum Gasteiger partial charge on any atom is 0.248 e. The molecule has 1 aliphatic rings. The topological polar surface area (TPSA) is 100 Å². The van der Waals surface area contributed by atoms with Crippen molar-refractivity contribution in [1.29, 1.82) is 0 Å². The fourth-order valence-corrected chi connectivity index (χ4v) is 4.40. The van der Waals surface area contributed by atoms with Gasteiger partial charge in [-0.05, 0) is 50.1 Å². The summed E-state index contributed by atoms with van der Waals surface area (Å²) < 4.78 is 1.06. The number of nitrogens with one attached hydrogen (secondary N) is 2. The van der Waals surface area contributed by atoms with E-state index in [4.69, 9.17) is 5.73 Å². The molecule has 0 saturated carbocycles. The third-order valence-electron chi connectivity index (χ3n) is 5.01. The second-order valence-electron chi connectivity index (χ2n) is 7.13. The molecule has 0 spiro atoms. The van der Waals surface area contributed by atoms with E-state index in [1.807, 2.05) is 30.3 Å². The van der Waals surface area contributed by atoms with Gasteiger partial charge in [0.15, 0.2) is 5.13 Å². The molecule has 7 nitrogen and oxygen atoms in total. The van der Waals surface area contributed by atoms with E-state index < -0.39 is 11.9 Å². The van der Waals surface area contributed by atoms with Crippen LogP contribution in [0.2, 0.25) is 0 Å². The zero-order chi connectivity index (χ0) is 20.4. The van der Waals surface area contributed by atoms with Gasteiger partial charge < -0.3 is 21.3 Å². The normalized spacial score (nSPS) is 14.7. The van der Waals surface area contributed by atoms with Gasteiger partial charge >= 0.3 is 0 Å². The van der Waals surface area contributed by atoms with E-state index in [-0.39, 0.29) is 5.91 Å². The summed E-state index contributed by atoms with van der Waals surface area (Å²) in [6.07, 6.45) is 2.22. The van der Waals surface area contributed by atoms with Crippen molar-refractivity contribution in [2.75, 3.05) is 28.6 Å². The molecule has 1 saturated heterocycles. The van der Waals surface area contributed by atoms with Crippen molar-refractivity contribution in [2.24, 2.45) is 5.73 Å². The number of benzene rings is 2. The summed E-state index contributed by atoms with van der Waals surface area (Å²) in [6, 6.07) is 12.6. The lowest BCUT2D eigenvalue weighted by Gasteiger charge is -2.23. The van der Waals surface area contributed by atoms with Crippen LogP contribution in [0.1, 0.15) is 30.1 Å². The van der Waals surface area contributed by atoms with Crippen molar-refractivity contribution >= 4 is 49.9 Å². The van der Waals surface area contributed by atoms with Gasteiger partial charge in [0.2, 0.25) is 11.8 Å². The number of primary amides is 1. The third-order valence-corrected chi connectivity index (χ3v) is 5.98. The molecule has 1 atom stereocenters. The van der Waals surface area contributed by atoms with E-state index in [1.165, 1.54) is 11.3 Å². The monoisotopic (exact) mass is 409 g/mol. The van der Waals surface area contributed by atoms with Crippen LogP contribution in [0.15, 0.2) is 42.5 Å². The molecule has 2 heterocycles. The molecule has 0 aliphatic carbocycles. The molecule has 1 aromatic heterocycles. The largest absolute Gasteiger partial charge is 0.370 e. The molecule has 3 aromatic rings. The highest BCUT2D eigenvalue weighted by molar-refractivity contribution is 7.22. The number of carbonyl (C=O) groups excluding carboxylic acids is 2. The summed E-state index contributed by atoms with van der Waals surface area (Å²) in [6.45, 7) is 3.64. The SMILES string of the molecule is CC(Nc1nc2ccccc2s1)C(=O)Nc1cc(C(N)=O)ccc1N1CCCC1. The second kappa shape index (κ2) is 8.08. The lowest BCUT2D eigenvalue weighted by molar-refractivity contribution is -0.116. The van der Waals surface area contributed by atoms with Crippen LogP contribution in [0.25, 0.3) is 10.2 Å². The van der Waals surface area contributed by atoms with Gasteiger partial charge in [-0.3, -0.25) is 9.59 Å². The zero-order valence-corrected chi connectivity index (χ0v) is 17.0. The molecule has 1 fully saturated rings. The van der Waals surface area contributed by atoms with Gasteiger partial charge in [-0.25, -0.2) is 4.98 Å². The summed E-state index contributed by atoms with van der Waals surface area (Å²) in [7, 11) is 0. The highest BCUT2D eigenvalue weighted by Gasteiger charge is 2.21. The first-order valence-electron chi connectivity index (χ1n) is 9.63. The van der Waals surface area contributed by atoms with Gasteiger partial charge in [0, 0.05) is 18.7 Å². The van der Waals surface area contributed by atoms with Crippen LogP contribution in [0.3, 0.4) is 0 Å². The van der Waals surface area contributed by atoms with Crippen molar-refractivity contribution in [3.8, 4) is 0 Å². The van der Waals surface area contributed by atoms with Crippen LogP contribution in [0.4, 0.5) is 16.5 Å². The Morgan fingerprint density at radius 1 is 1.17 bits per heavy atom. The van der Waals surface area contributed by atoms with E-state index in [1.54, 1.807) is 19.1 Å². The van der Waals surface area contributed by atoms with E-state index >= 15 is 0 Å². The van der Waals surface area contributed by atoms with Crippen molar-refractivity contribution in [2.45, 2.75) is 25.8 Å². The standard InChI is InChI=1S/C21H23N5O2S/c1-13(23-21-25-15-6-2-3-7-18(15)29-21)20(28)24-16-12-14(19(22)27)8-9-17(16)26-10-4-5-11-26/h2-3,6-9,12-13H,4-5,10-11H2,1H3,(H2,22,27)(H,23,25)(H,24,28). The molecule has 29 heavy (non-hydrogen) atoms. The van der Waals surface area contributed by atoms with E-state index in [9.17, 15) is 9.59 Å². The highest BCUT2D eigenvalue weighted by atomic mass is 32.1. The minimum absolute atomic E-state index is 0.202. The molecule has 2 amide bonds. The maximum atomic E-state index is 12.8. The Bertz CT molecular complexity index is 1030. The molecule has 1 aliphatic heterocycles. The average Bonchev–Trinajstić information content (AvgIpc) is 3.37. The van der Waals surface area contributed by atoms with Crippen LogP contribution in [-0.2, 0) is 4.79 Å². The first kappa shape index (κ1) is 19.2. The fraction of sp³-hybridized carbons (Fsp3) is 0.286. The number of rotatable bonds is 6. The van der Waals surface area contributed by atoms with Gasteiger partial charge in [-0.15, -0.1) is 0 Å². The Kier molecular flexibility index (Phi) is 5.35. The minimum atomic E-state index is -0.519. The number of nitrogens with zero attached hydrogens (tertiary/aromatic N) is 2. The number of amides is 2. The van der Waals surface area contributed by atoms with E-state index in [0.29, 0.717) is 16.4 Å². The van der Waals surface area contributed by atoms with Crippen LogP contribution in [-0.4, -0.2) is 35.9 Å². The van der Waals surface area contributed by atoms with Gasteiger partial charge in [-0.1, -0.05) is 23.5 Å². The average molecular weight is 410 g/mol. The fourth-order valence-electron chi connectivity index (χ4n) is 3.45. The van der Waals surface area contributed by atoms with Gasteiger partial charge in [0.05, 0.1) is 21.6 Å². The Labute approximate surface area is 172 Å². The summed E-state index contributed by atoms with van der Waals surface area (Å²) in [5.41, 5.74) is 8.22. The van der Waals surface area contributed by atoms with Crippen LogP contribution in [0.5, 0.6) is 0 Å². The van der Waals surface area contributed by atoms with Gasteiger partial charge in [-0.2, -0.15) is 0 Å². The van der Waals surface area contributed by atoms with E-state index in [2.05, 4.69) is 20.5 Å². The number of aromatic nitrogens is 1. The zero-order valence-electron chi connectivity index (χ0n) is 16.1. The molecular weight excluding hydrogens is 386 g/mol. The maximum absolute atomic E-state index is 12.8. The molecule has 150 valence electrons. The molecule has 0 radical (unpaired) electrons. The minimum Gasteiger partial charge on any atom is -0.370 e. The molecule has 4 rings (SSSR count). The predicted molar refractivity (Wildman–Crippen MR) is 118 cm³/mol. The summed E-state index contributed by atoms with van der Waals surface area (Å²) >= 11 is 1.51. The third kappa shape index (κ3) is 4.17. The molecule has 8 heteroatoms. The Morgan fingerprint density at radius 2 is 1.93 bits per heavy atom. The van der Waals surface area contributed by atoms with Crippen molar-refractivity contribution < 1.29 is 9.59 Å². The molecular formula is C21H23N5O2S. The number of fused-ring (bicyclic) bond motifs is 1. The summed E-state index contributed by atoms with van der Waals surface area (Å²) in [5.74, 6) is -0.722. The number of para-hydroxylation sites is 1. The number of nitrogens with two attached hydrogens (primary N) is 1. The highest BCUT2D eigenvalue weighted by Crippen LogP contribution is 2.31. The Hall–Kier alpha value is -3.13. The quantitative estimate of drug-likeness (QED) is 0.579. The van der Waals surface area contributed by atoms with Crippen LogP contribution in [0, 0.1) is 0 Å². The number of carbonyl (C=O) groups is 2. The second-order valence-corrected chi connectivity index (χ2v) is 8.16. The summed E-state index contributed by atoms with van der Waals surface area (Å²) in [4.78, 5) is 31.2. The van der Waals surface area contributed by atoms with Crippen LogP contribution < -0.4 is 21.3 Å². The number of hydrogen-bond acceptors (Lipinski definition) is 6. The first-order chi connectivity index (χ1) is 14.0. The number of hydrogen-bond donors (Lipinski definition) is 3. The molecule has 2 aromatic carbocycles. The lowest BCUT2D eigenvalue weighted by Crippen LogP contribution is -2.32. The van der Waals surface area contributed by atoms with Crippen molar-refractivity contribution in [1.82, 2.24) is 4.98 Å². The lowest BCUT2D eigenvalue weighted by atomic mass is 10.1. The number of thiazole rings is 1. The first-order valence-corrected chi connectivity index (χ1v) is 10.4. The van der Waals surface area contributed by atoms with Gasteiger partial charge in [0.1, 0.15) is 6.04 Å². The van der Waals surface area contributed by atoms with E-state index in [0.717, 1.165) is 41.8 Å².